The molecule has 0 bridgehead atoms. The van der Waals surface area contributed by atoms with Gasteiger partial charge in [-0.2, -0.15) is 9.78 Å². The highest BCUT2D eigenvalue weighted by Crippen LogP contribution is 2.28. The smallest absolute Gasteiger partial charge is 0.256 e. The Morgan fingerprint density at radius 2 is 1.85 bits per heavy atom. The van der Waals surface area contributed by atoms with Crippen LogP contribution in [0.15, 0.2) is 64.9 Å². The number of rotatable bonds is 7. The lowest BCUT2D eigenvalue weighted by atomic mass is 10.2. The Labute approximate surface area is 201 Å². The zero-order chi connectivity index (χ0) is 24.5. The number of anilines is 1. The molecule has 0 aliphatic rings. The van der Waals surface area contributed by atoms with Crippen LogP contribution in [0.1, 0.15) is 16.1 Å². The van der Waals surface area contributed by atoms with Crippen molar-refractivity contribution in [1.29, 1.82) is 0 Å². The number of methoxy groups -OCH3 is 1. The van der Waals surface area contributed by atoms with Gasteiger partial charge in [0, 0.05) is 36.7 Å². The van der Waals surface area contributed by atoms with E-state index in [4.69, 9.17) is 4.74 Å². The maximum Gasteiger partial charge on any atom is 0.256 e. The number of amides is 1. The van der Waals surface area contributed by atoms with Crippen molar-refractivity contribution in [2.45, 2.75) is 11.8 Å². The SMILES string of the molecule is COc1cccc(-c2csc(-n3nc(C)cc3NC(=O)c3ccc(S(=O)(=O)N(C)C)cc3)n2)c1. The Bertz CT molecular complexity index is 1440. The molecular weight excluding hydrogens is 474 g/mol. The van der Waals surface area contributed by atoms with Gasteiger partial charge in [0.25, 0.3) is 5.91 Å². The van der Waals surface area contributed by atoms with Gasteiger partial charge in [0.2, 0.25) is 15.2 Å². The molecule has 2 heterocycles. The normalized spacial score (nSPS) is 11.6. The zero-order valence-corrected chi connectivity index (χ0v) is 20.6. The first-order valence-corrected chi connectivity index (χ1v) is 12.5. The van der Waals surface area contributed by atoms with Crippen LogP contribution in [-0.4, -0.2) is 54.6 Å². The molecular formula is C23H23N5O4S2. The third kappa shape index (κ3) is 4.72. The predicted molar refractivity (Wildman–Crippen MR) is 131 cm³/mol. The molecule has 0 saturated heterocycles. The number of carbonyl (C=O) groups excluding carboxylic acids is 1. The third-order valence-corrected chi connectivity index (χ3v) is 7.65. The Balaban J connectivity index is 1.58. The fourth-order valence-electron chi connectivity index (χ4n) is 3.19. The summed E-state index contributed by atoms with van der Waals surface area (Å²) in [6.07, 6.45) is 0. The van der Waals surface area contributed by atoms with Gasteiger partial charge in [-0.3, -0.25) is 4.79 Å². The standard InChI is InChI=1S/C23H23N5O4S2/c1-15-12-21(25-22(29)16-8-10-19(11-9-16)34(30,31)27(2)3)28(26-15)23-24-20(14-33-23)17-6-5-7-18(13-17)32-4/h5-14H,1-4H3,(H,25,29). The number of aromatic nitrogens is 3. The highest BCUT2D eigenvalue weighted by Gasteiger charge is 2.19. The van der Waals surface area contributed by atoms with Gasteiger partial charge in [-0.25, -0.2) is 17.7 Å². The summed E-state index contributed by atoms with van der Waals surface area (Å²) < 4.78 is 32.5. The predicted octanol–water partition coefficient (Wildman–Crippen LogP) is 3.82. The monoisotopic (exact) mass is 497 g/mol. The Morgan fingerprint density at radius 1 is 1.12 bits per heavy atom. The van der Waals surface area contributed by atoms with E-state index in [1.54, 1.807) is 17.9 Å². The topological polar surface area (TPSA) is 106 Å². The van der Waals surface area contributed by atoms with Crippen LogP contribution in [0.2, 0.25) is 0 Å². The molecule has 9 nitrogen and oxygen atoms in total. The second-order valence-electron chi connectivity index (χ2n) is 7.60. The second-order valence-corrected chi connectivity index (χ2v) is 10.6. The minimum atomic E-state index is -3.57. The van der Waals surface area contributed by atoms with Crippen molar-refractivity contribution < 1.29 is 17.9 Å². The van der Waals surface area contributed by atoms with Crippen molar-refractivity contribution in [2.75, 3.05) is 26.5 Å². The van der Waals surface area contributed by atoms with Crippen molar-refractivity contribution in [3.8, 4) is 22.1 Å². The van der Waals surface area contributed by atoms with Crippen LogP contribution in [0.5, 0.6) is 5.75 Å². The van der Waals surface area contributed by atoms with Gasteiger partial charge in [0.15, 0.2) is 0 Å². The van der Waals surface area contributed by atoms with E-state index in [-0.39, 0.29) is 10.8 Å². The van der Waals surface area contributed by atoms with Crippen molar-refractivity contribution >= 4 is 33.1 Å². The maximum atomic E-state index is 12.9. The molecule has 2 aromatic carbocycles. The average Bonchev–Trinajstić information content (AvgIpc) is 3.45. The fourth-order valence-corrected chi connectivity index (χ4v) is 4.89. The van der Waals surface area contributed by atoms with E-state index in [9.17, 15) is 13.2 Å². The lowest BCUT2D eigenvalue weighted by Crippen LogP contribution is -2.22. The van der Waals surface area contributed by atoms with Gasteiger partial charge >= 0.3 is 0 Å². The first kappa shape index (κ1) is 23.6. The number of thiazole rings is 1. The quantitative estimate of drug-likeness (QED) is 0.416. The summed E-state index contributed by atoms with van der Waals surface area (Å²) in [5.41, 5.74) is 2.70. The summed E-state index contributed by atoms with van der Waals surface area (Å²) in [5, 5.41) is 9.82. The number of benzene rings is 2. The Hall–Kier alpha value is -3.54. The van der Waals surface area contributed by atoms with Crippen molar-refractivity contribution in [1.82, 2.24) is 19.1 Å². The first-order valence-electron chi connectivity index (χ1n) is 10.2. The van der Waals surface area contributed by atoms with Crippen LogP contribution < -0.4 is 10.1 Å². The Kier molecular flexibility index (Phi) is 6.51. The molecule has 0 atom stereocenters. The molecule has 176 valence electrons. The van der Waals surface area contributed by atoms with Crippen LogP contribution in [0.25, 0.3) is 16.4 Å². The lowest BCUT2D eigenvalue weighted by molar-refractivity contribution is 0.102. The molecule has 0 spiro atoms. The molecule has 0 aliphatic carbocycles. The van der Waals surface area contributed by atoms with Crippen LogP contribution >= 0.6 is 11.3 Å². The van der Waals surface area contributed by atoms with Gasteiger partial charge in [-0.15, -0.1) is 11.3 Å². The van der Waals surface area contributed by atoms with E-state index in [1.807, 2.05) is 36.6 Å². The number of nitrogens with one attached hydrogen (secondary N) is 1. The van der Waals surface area contributed by atoms with Gasteiger partial charge < -0.3 is 10.1 Å². The molecule has 4 aromatic rings. The van der Waals surface area contributed by atoms with E-state index < -0.39 is 10.0 Å². The first-order chi connectivity index (χ1) is 16.2. The van der Waals surface area contributed by atoms with E-state index in [0.717, 1.165) is 21.3 Å². The van der Waals surface area contributed by atoms with Crippen LogP contribution in [-0.2, 0) is 10.0 Å². The molecule has 2 aromatic heterocycles. The number of ether oxygens (including phenoxy) is 1. The van der Waals surface area contributed by atoms with Gasteiger partial charge in [0.05, 0.1) is 23.4 Å². The molecule has 34 heavy (non-hydrogen) atoms. The molecule has 0 radical (unpaired) electrons. The van der Waals surface area contributed by atoms with Gasteiger partial charge in [-0.05, 0) is 43.3 Å². The summed E-state index contributed by atoms with van der Waals surface area (Å²) in [7, 11) is 0.955. The molecule has 0 unspecified atom stereocenters. The van der Waals surface area contributed by atoms with Gasteiger partial charge in [0.1, 0.15) is 11.6 Å². The largest absolute Gasteiger partial charge is 0.497 e. The van der Waals surface area contributed by atoms with E-state index in [0.29, 0.717) is 22.2 Å². The number of hydrogen-bond donors (Lipinski definition) is 1. The minimum Gasteiger partial charge on any atom is -0.497 e. The van der Waals surface area contributed by atoms with Crippen LogP contribution in [0, 0.1) is 6.92 Å². The summed E-state index contributed by atoms with van der Waals surface area (Å²) in [4.78, 5) is 17.6. The maximum absolute atomic E-state index is 12.9. The minimum absolute atomic E-state index is 0.114. The average molecular weight is 498 g/mol. The highest BCUT2D eigenvalue weighted by molar-refractivity contribution is 7.89. The molecule has 0 saturated carbocycles. The van der Waals surface area contributed by atoms with E-state index >= 15 is 0 Å². The second kappa shape index (κ2) is 9.37. The van der Waals surface area contributed by atoms with E-state index in [1.165, 1.54) is 49.7 Å². The summed E-state index contributed by atoms with van der Waals surface area (Å²) >= 11 is 1.39. The van der Waals surface area contributed by atoms with E-state index in [2.05, 4.69) is 15.4 Å². The number of aryl methyl sites for hydroxylation is 1. The highest BCUT2D eigenvalue weighted by atomic mass is 32.2. The number of sulfonamides is 1. The summed E-state index contributed by atoms with van der Waals surface area (Å²) in [5.74, 6) is 0.804. The Morgan fingerprint density at radius 3 is 2.53 bits per heavy atom. The van der Waals surface area contributed by atoms with Gasteiger partial charge in [-0.1, -0.05) is 12.1 Å². The zero-order valence-electron chi connectivity index (χ0n) is 19.0. The molecule has 0 fully saturated rings. The molecule has 1 N–H and O–H groups in total. The molecule has 11 heteroatoms. The molecule has 4 rings (SSSR count). The van der Waals surface area contributed by atoms with Crippen molar-refractivity contribution in [2.24, 2.45) is 0 Å². The number of nitrogens with zero attached hydrogens (tertiary/aromatic N) is 4. The number of carbonyl (C=O) groups is 1. The van der Waals surface area contributed by atoms with Crippen LogP contribution in [0.4, 0.5) is 5.82 Å². The number of hydrogen-bond acceptors (Lipinski definition) is 7. The third-order valence-electron chi connectivity index (χ3n) is 5.01. The molecule has 1 amide bonds. The van der Waals surface area contributed by atoms with Crippen molar-refractivity contribution in [3.05, 3.63) is 71.2 Å². The van der Waals surface area contributed by atoms with Crippen molar-refractivity contribution in [3.63, 3.8) is 0 Å². The fraction of sp³-hybridized carbons (Fsp3) is 0.174. The lowest BCUT2D eigenvalue weighted by Gasteiger charge is -2.11. The summed E-state index contributed by atoms with van der Waals surface area (Å²) in [6, 6.07) is 15.1. The molecule has 0 aliphatic heterocycles. The van der Waals surface area contributed by atoms with Crippen LogP contribution in [0.3, 0.4) is 0 Å². The summed E-state index contributed by atoms with van der Waals surface area (Å²) in [6.45, 7) is 1.82.